The van der Waals surface area contributed by atoms with Crippen molar-refractivity contribution in [2.45, 2.75) is 26.1 Å². The highest BCUT2D eigenvalue weighted by Crippen LogP contribution is 2.33. The molecule has 0 spiro atoms. The Morgan fingerprint density at radius 2 is 1.80 bits per heavy atom. The van der Waals surface area contributed by atoms with E-state index in [0.717, 1.165) is 24.3 Å². The van der Waals surface area contributed by atoms with Gasteiger partial charge in [-0.05, 0) is 30.2 Å². The molecule has 0 fully saturated rings. The van der Waals surface area contributed by atoms with Crippen molar-refractivity contribution < 1.29 is 5.11 Å². The third-order valence-corrected chi connectivity index (χ3v) is 3.79. The molecule has 2 aromatic rings. The first-order valence-corrected chi connectivity index (χ1v) is 6.73. The highest BCUT2D eigenvalue weighted by molar-refractivity contribution is 5.60. The molecule has 1 unspecified atom stereocenters. The van der Waals surface area contributed by atoms with Gasteiger partial charge in [0, 0.05) is 24.3 Å². The summed E-state index contributed by atoms with van der Waals surface area (Å²) in [6.07, 6.45) is -0.540. The molecular weight excluding hydrogens is 248 g/mol. The van der Waals surface area contributed by atoms with Crippen LogP contribution in [0.2, 0.25) is 0 Å². The monoisotopic (exact) mass is 264 g/mol. The molecule has 0 bridgehead atoms. The van der Waals surface area contributed by atoms with Crippen LogP contribution in [0.5, 0.6) is 0 Å². The zero-order chi connectivity index (χ0) is 14.1. The van der Waals surface area contributed by atoms with Crippen LogP contribution in [0.3, 0.4) is 0 Å². The maximum absolute atomic E-state index is 9.94. The Balaban J connectivity index is 2.01. The van der Waals surface area contributed by atoms with Crippen LogP contribution >= 0.6 is 0 Å². The molecular formula is C17H16N2O. The molecule has 0 aromatic heterocycles. The largest absolute Gasteiger partial charge is 0.389 e. The van der Waals surface area contributed by atoms with Crippen molar-refractivity contribution in [3.8, 4) is 6.07 Å². The van der Waals surface area contributed by atoms with Crippen LogP contribution in [0, 0.1) is 11.3 Å². The van der Waals surface area contributed by atoms with E-state index in [-0.39, 0.29) is 0 Å². The summed E-state index contributed by atoms with van der Waals surface area (Å²) in [5.74, 6) is 0. The summed E-state index contributed by atoms with van der Waals surface area (Å²) in [7, 11) is 0. The molecule has 1 N–H and O–H groups in total. The first-order chi connectivity index (χ1) is 9.69. The summed E-state index contributed by atoms with van der Waals surface area (Å²) in [4.78, 5) is 2.22. The number of aliphatic hydroxyl groups is 1. The SMILES string of the molecule is CC(O)c1ccc(C#N)cc1N1Cc2ccccc2C1. The second-order valence-electron chi connectivity index (χ2n) is 5.19. The molecule has 0 amide bonds. The molecule has 0 saturated carbocycles. The third-order valence-electron chi connectivity index (χ3n) is 3.79. The van der Waals surface area contributed by atoms with E-state index in [9.17, 15) is 5.11 Å². The van der Waals surface area contributed by atoms with E-state index >= 15 is 0 Å². The Morgan fingerprint density at radius 3 is 2.35 bits per heavy atom. The Morgan fingerprint density at radius 1 is 1.15 bits per heavy atom. The predicted octanol–water partition coefficient (Wildman–Crippen LogP) is 3.13. The van der Waals surface area contributed by atoms with Crippen LogP contribution in [0.15, 0.2) is 42.5 Å². The maximum Gasteiger partial charge on any atom is 0.0992 e. The zero-order valence-electron chi connectivity index (χ0n) is 11.4. The lowest BCUT2D eigenvalue weighted by atomic mass is 10.0. The van der Waals surface area contributed by atoms with Crippen molar-refractivity contribution in [3.63, 3.8) is 0 Å². The van der Waals surface area contributed by atoms with Crippen molar-refractivity contribution in [2.24, 2.45) is 0 Å². The molecule has 1 aliphatic heterocycles. The van der Waals surface area contributed by atoms with Gasteiger partial charge in [-0.1, -0.05) is 30.3 Å². The van der Waals surface area contributed by atoms with Gasteiger partial charge in [-0.3, -0.25) is 0 Å². The van der Waals surface area contributed by atoms with Gasteiger partial charge in [0.25, 0.3) is 0 Å². The lowest BCUT2D eigenvalue weighted by Crippen LogP contribution is -2.17. The minimum Gasteiger partial charge on any atom is -0.389 e. The topological polar surface area (TPSA) is 47.3 Å². The molecule has 100 valence electrons. The summed E-state index contributed by atoms with van der Waals surface area (Å²) < 4.78 is 0. The highest BCUT2D eigenvalue weighted by Gasteiger charge is 2.22. The average molecular weight is 264 g/mol. The molecule has 20 heavy (non-hydrogen) atoms. The predicted molar refractivity (Wildman–Crippen MR) is 78.1 cm³/mol. The number of aliphatic hydroxyl groups excluding tert-OH is 1. The minimum atomic E-state index is -0.540. The second kappa shape index (κ2) is 4.99. The standard InChI is InChI=1S/C17H16N2O/c1-12(20)16-7-6-13(9-18)8-17(16)19-10-14-4-2-3-5-15(14)11-19/h2-8,12,20H,10-11H2,1H3. The first-order valence-electron chi connectivity index (χ1n) is 6.73. The lowest BCUT2D eigenvalue weighted by molar-refractivity contribution is 0.199. The first kappa shape index (κ1) is 12.7. The number of rotatable bonds is 2. The summed E-state index contributed by atoms with van der Waals surface area (Å²) in [5.41, 5.74) is 5.07. The molecule has 2 aromatic carbocycles. The van der Waals surface area contributed by atoms with Gasteiger partial charge in [0.05, 0.1) is 17.7 Å². The van der Waals surface area contributed by atoms with Crippen LogP contribution in [0.25, 0.3) is 0 Å². The highest BCUT2D eigenvalue weighted by atomic mass is 16.3. The van der Waals surface area contributed by atoms with Crippen molar-refractivity contribution in [1.82, 2.24) is 0 Å². The maximum atomic E-state index is 9.94. The fourth-order valence-electron chi connectivity index (χ4n) is 2.74. The van der Waals surface area contributed by atoms with E-state index in [2.05, 4.69) is 23.1 Å². The van der Waals surface area contributed by atoms with Crippen molar-refractivity contribution in [3.05, 3.63) is 64.7 Å². The van der Waals surface area contributed by atoms with Gasteiger partial charge in [-0.15, -0.1) is 0 Å². The fraction of sp³-hybridized carbons (Fsp3) is 0.235. The van der Waals surface area contributed by atoms with Crippen LogP contribution < -0.4 is 4.90 Å². The van der Waals surface area contributed by atoms with E-state index < -0.39 is 6.10 Å². The van der Waals surface area contributed by atoms with E-state index in [0.29, 0.717) is 5.56 Å². The van der Waals surface area contributed by atoms with Gasteiger partial charge in [0.15, 0.2) is 0 Å². The van der Waals surface area contributed by atoms with E-state index in [4.69, 9.17) is 5.26 Å². The summed E-state index contributed by atoms with van der Waals surface area (Å²) in [6.45, 7) is 3.41. The number of benzene rings is 2. The molecule has 3 heteroatoms. The van der Waals surface area contributed by atoms with Gasteiger partial charge >= 0.3 is 0 Å². The number of hydrogen-bond donors (Lipinski definition) is 1. The van der Waals surface area contributed by atoms with Crippen molar-refractivity contribution in [1.29, 1.82) is 5.26 Å². The van der Waals surface area contributed by atoms with Crippen LogP contribution in [-0.2, 0) is 13.1 Å². The number of hydrogen-bond acceptors (Lipinski definition) is 3. The average Bonchev–Trinajstić information content (AvgIpc) is 2.90. The Bertz CT molecular complexity index is 661. The Kier molecular flexibility index (Phi) is 3.17. The summed E-state index contributed by atoms with van der Waals surface area (Å²) in [6, 6.07) is 16.0. The molecule has 1 atom stereocenters. The van der Waals surface area contributed by atoms with Crippen molar-refractivity contribution >= 4 is 5.69 Å². The van der Waals surface area contributed by atoms with Crippen molar-refractivity contribution in [2.75, 3.05) is 4.90 Å². The number of nitrogens with zero attached hydrogens (tertiary/aromatic N) is 2. The molecule has 1 heterocycles. The van der Waals surface area contributed by atoms with E-state index in [1.807, 2.05) is 24.3 Å². The molecule has 3 rings (SSSR count). The molecule has 0 saturated heterocycles. The van der Waals surface area contributed by atoms with Gasteiger partial charge in [0.2, 0.25) is 0 Å². The number of nitriles is 1. The number of anilines is 1. The van der Waals surface area contributed by atoms with Gasteiger partial charge in [-0.25, -0.2) is 0 Å². The molecule has 1 aliphatic rings. The molecule has 3 nitrogen and oxygen atoms in total. The minimum absolute atomic E-state index is 0.540. The quantitative estimate of drug-likeness (QED) is 0.906. The fourth-order valence-corrected chi connectivity index (χ4v) is 2.74. The van der Waals surface area contributed by atoms with Gasteiger partial charge in [-0.2, -0.15) is 5.26 Å². The lowest BCUT2D eigenvalue weighted by Gasteiger charge is -2.23. The van der Waals surface area contributed by atoms with Crippen LogP contribution in [0.1, 0.15) is 35.3 Å². The van der Waals surface area contributed by atoms with Gasteiger partial charge in [0.1, 0.15) is 0 Å². The Hall–Kier alpha value is -2.31. The smallest absolute Gasteiger partial charge is 0.0992 e. The van der Waals surface area contributed by atoms with E-state index in [1.54, 1.807) is 13.0 Å². The second-order valence-corrected chi connectivity index (χ2v) is 5.19. The van der Waals surface area contributed by atoms with Gasteiger partial charge < -0.3 is 10.0 Å². The third kappa shape index (κ3) is 2.15. The Labute approximate surface area is 118 Å². The van der Waals surface area contributed by atoms with E-state index in [1.165, 1.54) is 11.1 Å². The molecule has 0 aliphatic carbocycles. The normalized spacial score (nSPS) is 14.8. The summed E-state index contributed by atoms with van der Waals surface area (Å²) in [5, 5.41) is 19.0. The molecule has 0 radical (unpaired) electrons. The number of fused-ring (bicyclic) bond motifs is 1. The van der Waals surface area contributed by atoms with Crippen LogP contribution in [-0.4, -0.2) is 5.11 Å². The zero-order valence-corrected chi connectivity index (χ0v) is 11.4. The van der Waals surface area contributed by atoms with Crippen LogP contribution in [0.4, 0.5) is 5.69 Å². The summed E-state index contributed by atoms with van der Waals surface area (Å²) >= 11 is 0.